The van der Waals surface area contributed by atoms with Gasteiger partial charge in [-0.1, -0.05) is 6.07 Å². The third-order valence-corrected chi connectivity index (χ3v) is 4.18. The lowest BCUT2D eigenvalue weighted by molar-refractivity contribution is -0.569. The Morgan fingerprint density at radius 2 is 2.15 bits per heavy atom. The van der Waals surface area contributed by atoms with E-state index in [9.17, 15) is 0 Å². The smallest absolute Gasteiger partial charge is 0.231 e. The third-order valence-electron chi connectivity index (χ3n) is 4.18. The van der Waals surface area contributed by atoms with Crippen LogP contribution in [-0.2, 0) is 9.47 Å². The molecule has 0 spiro atoms. The van der Waals surface area contributed by atoms with Crippen molar-refractivity contribution in [2.45, 2.75) is 30.8 Å². The molecular formula is C14H22N2O4+2. The Morgan fingerprint density at radius 1 is 1.35 bits per heavy atom. The Bertz CT molecular complexity index is 496. The normalized spacial score (nSPS) is 32.4. The summed E-state index contributed by atoms with van der Waals surface area (Å²) in [5, 5.41) is 0. The number of hydrogen-bond donors (Lipinski definition) is 2. The molecule has 0 bridgehead atoms. The number of fused-ring (bicyclic) bond motifs is 1. The molecule has 3 rings (SSSR count). The predicted octanol–water partition coefficient (Wildman–Crippen LogP) is -0.538. The molecule has 2 aliphatic heterocycles. The van der Waals surface area contributed by atoms with Crippen molar-refractivity contribution in [3.63, 3.8) is 0 Å². The molecule has 2 heterocycles. The lowest BCUT2D eigenvalue weighted by atomic mass is 9.82. The van der Waals surface area contributed by atoms with Gasteiger partial charge in [0.1, 0.15) is 12.6 Å². The van der Waals surface area contributed by atoms with Gasteiger partial charge in [0, 0.05) is 20.0 Å². The molecular weight excluding hydrogens is 260 g/mol. The molecule has 3 atom stereocenters. The summed E-state index contributed by atoms with van der Waals surface area (Å²) in [7, 11) is 1.67. The Kier molecular flexibility index (Phi) is 3.55. The van der Waals surface area contributed by atoms with Crippen molar-refractivity contribution >= 4 is 0 Å². The Balaban J connectivity index is 1.92. The van der Waals surface area contributed by atoms with Gasteiger partial charge in [-0.05, 0) is 17.7 Å². The summed E-state index contributed by atoms with van der Waals surface area (Å²) in [6.45, 7) is 0.985. The maximum Gasteiger partial charge on any atom is 0.231 e. The maximum absolute atomic E-state index is 6.07. The number of quaternary nitrogens is 2. The summed E-state index contributed by atoms with van der Waals surface area (Å²) in [5.41, 5.74) is 9.20. The van der Waals surface area contributed by atoms with Gasteiger partial charge in [-0.25, -0.2) is 0 Å². The first-order chi connectivity index (χ1) is 9.66. The minimum absolute atomic E-state index is 0.145. The highest BCUT2D eigenvalue weighted by Gasteiger charge is 2.47. The van der Waals surface area contributed by atoms with Crippen LogP contribution in [0.3, 0.4) is 0 Å². The fourth-order valence-electron chi connectivity index (χ4n) is 2.84. The van der Waals surface area contributed by atoms with Gasteiger partial charge in [0.15, 0.2) is 23.3 Å². The first-order valence-electron chi connectivity index (χ1n) is 6.89. The molecule has 0 aromatic heterocycles. The summed E-state index contributed by atoms with van der Waals surface area (Å²) in [6, 6.07) is 5.90. The van der Waals surface area contributed by atoms with Gasteiger partial charge < -0.3 is 30.4 Å². The molecule has 2 aliphatic rings. The highest BCUT2D eigenvalue weighted by molar-refractivity contribution is 5.45. The molecule has 1 aromatic carbocycles. The van der Waals surface area contributed by atoms with Crippen LogP contribution in [0.5, 0.6) is 11.5 Å². The number of rotatable bonds is 3. The van der Waals surface area contributed by atoms with E-state index in [1.807, 2.05) is 18.2 Å². The van der Waals surface area contributed by atoms with Gasteiger partial charge >= 0.3 is 0 Å². The number of hydrogen-bond acceptors (Lipinski definition) is 4. The lowest BCUT2D eigenvalue weighted by Crippen LogP contribution is -2.85. The largest absolute Gasteiger partial charge is 0.454 e. The Labute approximate surface area is 117 Å². The van der Waals surface area contributed by atoms with Gasteiger partial charge in [-0.15, -0.1) is 0 Å². The average Bonchev–Trinajstić information content (AvgIpc) is 2.95. The van der Waals surface area contributed by atoms with Crippen LogP contribution in [0, 0.1) is 0 Å². The van der Waals surface area contributed by atoms with E-state index < -0.39 is 0 Å². The Morgan fingerprint density at radius 3 is 2.90 bits per heavy atom. The van der Waals surface area contributed by atoms with Crippen LogP contribution in [-0.4, -0.2) is 32.3 Å². The molecule has 1 fully saturated rings. The lowest BCUT2D eigenvalue weighted by Gasteiger charge is -2.39. The second-order valence-corrected chi connectivity index (χ2v) is 5.45. The fourth-order valence-corrected chi connectivity index (χ4v) is 2.84. The number of ether oxygens (including phenoxy) is 4. The highest BCUT2D eigenvalue weighted by atomic mass is 16.7. The standard InChI is InChI=1S/C14H20N2O4/c1-17-12-4-5-14(16,7-15)13(20-12)9-2-3-10-11(6-9)19-8-18-10/h2-3,6,12-13H,4-5,7-8,15-16H2,1H3/p+2. The molecule has 110 valence electrons. The number of methoxy groups -OCH3 is 1. The molecule has 0 aliphatic carbocycles. The van der Waals surface area contributed by atoms with Gasteiger partial charge in [0.05, 0.1) is 0 Å². The molecule has 6 N–H and O–H groups in total. The second kappa shape index (κ2) is 5.21. The molecule has 0 amide bonds. The molecule has 3 unspecified atom stereocenters. The van der Waals surface area contributed by atoms with E-state index in [0.717, 1.165) is 29.9 Å². The molecule has 6 nitrogen and oxygen atoms in total. The van der Waals surface area contributed by atoms with Crippen LogP contribution in [0.15, 0.2) is 18.2 Å². The summed E-state index contributed by atoms with van der Waals surface area (Å²) in [6.07, 6.45) is 1.44. The molecule has 1 aromatic rings. The van der Waals surface area contributed by atoms with Crippen molar-refractivity contribution in [1.29, 1.82) is 0 Å². The summed E-state index contributed by atoms with van der Waals surface area (Å²) >= 11 is 0. The zero-order chi connectivity index (χ0) is 14.2. The van der Waals surface area contributed by atoms with Crippen molar-refractivity contribution in [2.24, 2.45) is 0 Å². The van der Waals surface area contributed by atoms with E-state index >= 15 is 0 Å². The van der Waals surface area contributed by atoms with Crippen LogP contribution in [0.1, 0.15) is 24.5 Å². The average molecular weight is 282 g/mol. The first-order valence-corrected chi connectivity index (χ1v) is 6.89. The van der Waals surface area contributed by atoms with Crippen molar-refractivity contribution in [3.8, 4) is 11.5 Å². The molecule has 20 heavy (non-hydrogen) atoms. The fraction of sp³-hybridized carbons (Fsp3) is 0.571. The van der Waals surface area contributed by atoms with Crippen molar-refractivity contribution in [3.05, 3.63) is 23.8 Å². The van der Waals surface area contributed by atoms with Crippen LogP contribution >= 0.6 is 0 Å². The summed E-state index contributed by atoms with van der Waals surface area (Å²) in [5.74, 6) is 1.54. The van der Waals surface area contributed by atoms with Crippen molar-refractivity contribution in [2.75, 3.05) is 20.4 Å². The summed E-state index contributed by atoms with van der Waals surface area (Å²) < 4.78 is 22.2. The van der Waals surface area contributed by atoms with E-state index in [2.05, 4.69) is 11.5 Å². The first kappa shape index (κ1) is 13.6. The van der Waals surface area contributed by atoms with E-state index in [-0.39, 0.29) is 24.7 Å². The van der Waals surface area contributed by atoms with E-state index in [0.29, 0.717) is 6.54 Å². The molecule has 6 heteroatoms. The zero-order valence-corrected chi connectivity index (χ0v) is 11.8. The maximum atomic E-state index is 6.07. The predicted molar refractivity (Wildman–Crippen MR) is 69.8 cm³/mol. The highest BCUT2D eigenvalue weighted by Crippen LogP contribution is 2.40. The van der Waals surface area contributed by atoms with E-state index in [1.165, 1.54) is 0 Å². The van der Waals surface area contributed by atoms with Gasteiger partial charge in [-0.2, -0.15) is 0 Å². The van der Waals surface area contributed by atoms with Crippen LogP contribution < -0.4 is 20.9 Å². The van der Waals surface area contributed by atoms with E-state index in [4.69, 9.17) is 18.9 Å². The van der Waals surface area contributed by atoms with E-state index in [1.54, 1.807) is 7.11 Å². The Hall–Kier alpha value is -1.34. The van der Waals surface area contributed by atoms with Crippen LogP contribution in [0.25, 0.3) is 0 Å². The SMILES string of the molecule is COC1CCC([NH3+])(C[NH3+])C(c2ccc3c(c2)OCO3)O1. The topological polar surface area (TPSA) is 92.2 Å². The quantitative estimate of drug-likeness (QED) is 0.779. The van der Waals surface area contributed by atoms with Gasteiger partial charge in [0.25, 0.3) is 0 Å². The molecule has 0 radical (unpaired) electrons. The second-order valence-electron chi connectivity index (χ2n) is 5.45. The van der Waals surface area contributed by atoms with Gasteiger partial charge in [-0.3, -0.25) is 0 Å². The number of benzene rings is 1. The van der Waals surface area contributed by atoms with Crippen molar-refractivity contribution < 1.29 is 30.4 Å². The molecule has 1 saturated heterocycles. The van der Waals surface area contributed by atoms with Crippen LogP contribution in [0.2, 0.25) is 0 Å². The minimum atomic E-state index is -0.233. The van der Waals surface area contributed by atoms with Gasteiger partial charge in [0.2, 0.25) is 6.79 Å². The third kappa shape index (κ3) is 2.25. The van der Waals surface area contributed by atoms with Crippen molar-refractivity contribution in [1.82, 2.24) is 0 Å². The zero-order valence-electron chi connectivity index (χ0n) is 11.8. The minimum Gasteiger partial charge on any atom is -0.454 e. The molecule has 0 saturated carbocycles. The van der Waals surface area contributed by atoms with Crippen LogP contribution in [0.4, 0.5) is 0 Å². The summed E-state index contributed by atoms with van der Waals surface area (Å²) in [4.78, 5) is 0. The monoisotopic (exact) mass is 282 g/mol.